The van der Waals surface area contributed by atoms with E-state index < -0.39 is 0 Å². The van der Waals surface area contributed by atoms with Crippen LogP contribution in [0.3, 0.4) is 0 Å². The topological polar surface area (TPSA) is 71.3 Å². The van der Waals surface area contributed by atoms with E-state index >= 15 is 0 Å². The number of aryl methyl sites for hydroxylation is 1. The number of hydrogen-bond acceptors (Lipinski definition) is 5. The average molecular weight is 314 g/mol. The van der Waals surface area contributed by atoms with Gasteiger partial charge in [0.15, 0.2) is 5.82 Å². The lowest BCUT2D eigenvalue weighted by atomic mass is 10.2. The van der Waals surface area contributed by atoms with Crippen LogP contribution in [0.4, 0.5) is 11.4 Å². The van der Waals surface area contributed by atoms with Crippen LogP contribution in [0.5, 0.6) is 0 Å². The van der Waals surface area contributed by atoms with Gasteiger partial charge in [-0.1, -0.05) is 12.1 Å². The van der Waals surface area contributed by atoms with Gasteiger partial charge in [-0.3, -0.25) is 4.79 Å². The minimum absolute atomic E-state index is 0.0626. The first-order chi connectivity index (χ1) is 11.2. The smallest absolute Gasteiger partial charge is 0.248 e. The average Bonchev–Trinajstić information content (AvgIpc) is 3.18. The summed E-state index contributed by atoms with van der Waals surface area (Å²) >= 11 is 0. The second kappa shape index (κ2) is 6.81. The maximum atomic E-state index is 11.8. The van der Waals surface area contributed by atoms with Gasteiger partial charge in [-0.2, -0.15) is 4.98 Å². The maximum absolute atomic E-state index is 11.8. The number of benzene rings is 1. The number of amides is 1. The van der Waals surface area contributed by atoms with Crippen molar-refractivity contribution >= 4 is 17.3 Å². The molecule has 0 aliphatic carbocycles. The van der Waals surface area contributed by atoms with E-state index in [2.05, 4.69) is 22.4 Å². The summed E-state index contributed by atoms with van der Waals surface area (Å²) in [6, 6.07) is 7.82. The quantitative estimate of drug-likeness (QED) is 0.885. The number of aromatic nitrogens is 2. The zero-order valence-corrected chi connectivity index (χ0v) is 13.6. The Morgan fingerprint density at radius 1 is 1.35 bits per heavy atom. The van der Waals surface area contributed by atoms with Crippen LogP contribution >= 0.6 is 0 Å². The van der Waals surface area contributed by atoms with Gasteiger partial charge >= 0.3 is 0 Å². The molecule has 1 atom stereocenters. The van der Waals surface area contributed by atoms with Crippen LogP contribution in [0.1, 0.15) is 50.9 Å². The Balaban J connectivity index is 1.64. The molecule has 0 radical (unpaired) electrons. The van der Waals surface area contributed by atoms with Crippen molar-refractivity contribution in [3.05, 3.63) is 36.0 Å². The molecule has 1 fully saturated rings. The molecule has 1 aromatic heterocycles. The fourth-order valence-electron chi connectivity index (χ4n) is 2.74. The third-order valence-electron chi connectivity index (χ3n) is 3.96. The van der Waals surface area contributed by atoms with Crippen molar-refractivity contribution in [2.75, 3.05) is 16.8 Å². The standard InChI is InChI=1S/C17H22N4O2/c1-3-5-15-19-17(23-20-15)12(2)18-13-7-9-14(10-8-13)21-11-4-6-16(21)22/h7-10,12,18H,3-6,11H2,1-2H3. The van der Waals surface area contributed by atoms with E-state index in [1.807, 2.05) is 36.1 Å². The number of nitrogens with zero attached hydrogens (tertiary/aromatic N) is 3. The molecule has 1 aliphatic rings. The minimum atomic E-state index is -0.0626. The SMILES string of the molecule is CCCc1noc(C(C)Nc2ccc(N3CCCC3=O)cc2)n1. The van der Waals surface area contributed by atoms with Crippen molar-refractivity contribution in [3.63, 3.8) is 0 Å². The summed E-state index contributed by atoms with van der Waals surface area (Å²) in [5, 5.41) is 7.32. The first-order valence-electron chi connectivity index (χ1n) is 8.17. The highest BCUT2D eigenvalue weighted by molar-refractivity contribution is 5.95. The second-order valence-corrected chi connectivity index (χ2v) is 5.86. The molecule has 6 nitrogen and oxygen atoms in total. The molecule has 1 unspecified atom stereocenters. The Morgan fingerprint density at radius 3 is 2.78 bits per heavy atom. The fraction of sp³-hybridized carbons (Fsp3) is 0.471. The van der Waals surface area contributed by atoms with Crippen LogP contribution in [-0.4, -0.2) is 22.6 Å². The fourth-order valence-corrected chi connectivity index (χ4v) is 2.74. The van der Waals surface area contributed by atoms with E-state index in [0.717, 1.165) is 43.0 Å². The molecular weight excluding hydrogens is 292 g/mol. The van der Waals surface area contributed by atoms with Crippen LogP contribution in [0.15, 0.2) is 28.8 Å². The molecule has 1 saturated heterocycles. The van der Waals surface area contributed by atoms with Crippen molar-refractivity contribution < 1.29 is 9.32 Å². The molecule has 122 valence electrons. The van der Waals surface area contributed by atoms with Gasteiger partial charge in [0, 0.05) is 30.8 Å². The van der Waals surface area contributed by atoms with Crippen LogP contribution in [0, 0.1) is 0 Å². The highest BCUT2D eigenvalue weighted by atomic mass is 16.5. The highest BCUT2D eigenvalue weighted by Gasteiger charge is 2.21. The molecule has 1 N–H and O–H groups in total. The molecule has 23 heavy (non-hydrogen) atoms. The van der Waals surface area contributed by atoms with Crippen LogP contribution in [-0.2, 0) is 11.2 Å². The monoisotopic (exact) mass is 314 g/mol. The molecule has 1 amide bonds. The molecule has 1 aromatic carbocycles. The Labute approximate surface area is 135 Å². The molecule has 6 heteroatoms. The Kier molecular flexibility index (Phi) is 4.60. The van der Waals surface area contributed by atoms with E-state index in [-0.39, 0.29) is 11.9 Å². The van der Waals surface area contributed by atoms with Crippen molar-refractivity contribution in [1.29, 1.82) is 0 Å². The summed E-state index contributed by atoms with van der Waals surface area (Å²) < 4.78 is 5.29. The molecule has 3 rings (SSSR count). The number of carbonyl (C=O) groups excluding carboxylic acids is 1. The van der Waals surface area contributed by atoms with E-state index in [1.54, 1.807) is 0 Å². The summed E-state index contributed by atoms with van der Waals surface area (Å²) in [4.78, 5) is 18.0. The third kappa shape index (κ3) is 3.52. The number of nitrogens with one attached hydrogen (secondary N) is 1. The predicted molar refractivity (Wildman–Crippen MR) is 88.4 cm³/mol. The second-order valence-electron chi connectivity index (χ2n) is 5.86. The van der Waals surface area contributed by atoms with Gasteiger partial charge in [0.25, 0.3) is 0 Å². The molecule has 2 aromatic rings. The van der Waals surface area contributed by atoms with Gasteiger partial charge in [0.05, 0.1) is 0 Å². The first kappa shape index (κ1) is 15.5. The van der Waals surface area contributed by atoms with E-state index in [0.29, 0.717) is 12.3 Å². The highest BCUT2D eigenvalue weighted by Crippen LogP contribution is 2.25. The predicted octanol–water partition coefficient (Wildman–Crippen LogP) is 3.32. The summed E-state index contributed by atoms with van der Waals surface area (Å²) in [6.45, 7) is 4.88. The van der Waals surface area contributed by atoms with Crippen molar-refractivity contribution in [2.45, 2.75) is 45.6 Å². The van der Waals surface area contributed by atoms with Crippen molar-refractivity contribution in [2.24, 2.45) is 0 Å². The van der Waals surface area contributed by atoms with Crippen LogP contribution < -0.4 is 10.2 Å². The Morgan fingerprint density at radius 2 is 2.13 bits per heavy atom. The van der Waals surface area contributed by atoms with Crippen molar-refractivity contribution in [1.82, 2.24) is 10.1 Å². The van der Waals surface area contributed by atoms with Gasteiger partial charge in [-0.25, -0.2) is 0 Å². The first-order valence-corrected chi connectivity index (χ1v) is 8.17. The van der Waals surface area contributed by atoms with Gasteiger partial charge in [0.1, 0.15) is 6.04 Å². The van der Waals surface area contributed by atoms with Crippen molar-refractivity contribution in [3.8, 4) is 0 Å². The van der Waals surface area contributed by atoms with Gasteiger partial charge in [0.2, 0.25) is 11.8 Å². The molecule has 0 spiro atoms. The van der Waals surface area contributed by atoms with E-state index in [1.165, 1.54) is 0 Å². The number of hydrogen-bond donors (Lipinski definition) is 1. The van der Waals surface area contributed by atoms with E-state index in [9.17, 15) is 4.79 Å². The van der Waals surface area contributed by atoms with Gasteiger partial charge < -0.3 is 14.7 Å². The molecular formula is C17H22N4O2. The van der Waals surface area contributed by atoms with E-state index in [4.69, 9.17) is 4.52 Å². The van der Waals surface area contributed by atoms with Gasteiger partial charge in [-0.15, -0.1) is 0 Å². The number of anilines is 2. The van der Waals surface area contributed by atoms with Crippen LogP contribution in [0.2, 0.25) is 0 Å². The minimum Gasteiger partial charge on any atom is -0.374 e. The zero-order valence-electron chi connectivity index (χ0n) is 13.6. The lowest BCUT2D eigenvalue weighted by molar-refractivity contribution is -0.117. The third-order valence-corrected chi connectivity index (χ3v) is 3.96. The Bertz CT molecular complexity index is 665. The lowest BCUT2D eigenvalue weighted by Crippen LogP contribution is -2.23. The Hall–Kier alpha value is -2.37. The van der Waals surface area contributed by atoms with Gasteiger partial charge in [-0.05, 0) is 44.0 Å². The lowest BCUT2D eigenvalue weighted by Gasteiger charge is -2.17. The summed E-state index contributed by atoms with van der Waals surface area (Å²) in [6.07, 6.45) is 3.41. The molecule has 1 aliphatic heterocycles. The van der Waals surface area contributed by atoms with Crippen LogP contribution in [0.25, 0.3) is 0 Å². The maximum Gasteiger partial charge on any atom is 0.248 e. The number of rotatable bonds is 6. The number of carbonyl (C=O) groups is 1. The molecule has 2 heterocycles. The largest absolute Gasteiger partial charge is 0.374 e. The summed E-state index contributed by atoms with van der Waals surface area (Å²) in [5.41, 5.74) is 1.91. The normalized spacial score (nSPS) is 15.9. The summed E-state index contributed by atoms with van der Waals surface area (Å²) in [5.74, 6) is 1.54. The molecule has 0 saturated carbocycles. The summed E-state index contributed by atoms with van der Waals surface area (Å²) in [7, 11) is 0. The molecule has 0 bridgehead atoms. The zero-order chi connectivity index (χ0) is 16.2.